The lowest BCUT2D eigenvalue weighted by Crippen LogP contribution is -2.49. The zero-order valence-electron chi connectivity index (χ0n) is 10.4. The van der Waals surface area contributed by atoms with Gasteiger partial charge in [0.15, 0.2) is 0 Å². The highest BCUT2D eigenvalue weighted by Gasteiger charge is 2.28. The van der Waals surface area contributed by atoms with Gasteiger partial charge in [-0.15, -0.1) is 0 Å². The number of nitrogens with two attached hydrogens (primary N) is 1. The molecule has 0 saturated carbocycles. The van der Waals surface area contributed by atoms with E-state index >= 15 is 0 Å². The molecule has 0 aliphatic carbocycles. The molecule has 94 valence electrons. The van der Waals surface area contributed by atoms with E-state index < -0.39 is 0 Å². The smallest absolute Gasteiger partial charge is 0.220 e. The third kappa shape index (κ3) is 4.49. The van der Waals surface area contributed by atoms with Crippen molar-refractivity contribution >= 4 is 5.91 Å². The number of carbonyl (C=O) groups excluding carboxylic acids is 1. The van der Waals surface area contributed by atoms with Crippen LogP contribution in [0.4, 0.5) is 0 Å². The van der Waals surface area contributed by atoms with Crippen molar-refractivity contribution in [3.8, 4) is 0 Å². The summed E-state index contributed by atoms with van der Waals surface area (Å²) in [5.41, 5.74) is 5.45. The summed E-state index contributed by atoms with van der Waals surface area (Å²) in [6, 6.07) is 0. The summed E-state index contributed by atoms with van der Waals surface area (Å²) in [7, 11) is 0. The maximum atomic E-state index is 11.7. The molecule has 1 rings (SSSR count). The lowest BCUT2D eigenvalue weighted by molar-refractivity contribution is -0.124. The molecule has 1 heterocycles. The number of ether oxygens (including phenoxy) is 1. The molecule has 1 amide bonds. The molecule has 0 aromatic rings. The van der Waals surface area contributed by atoms with Crippen LogP contribution in [-0.2, 0) is 9.53 Å². The van der Waals surface area contributed by atoms with Gasteiger partial charge in [0.2, 0.25) is 5.91 Å². The Kier molecular flexibility index (Phi) is 5.22. The summed E-state index contributed by atoms with van der Waals surface area (Å²) >= 11 is 0. The van der Waals surface area contributed by atoms with Gasteiger partial charge in [-0.3, -0.25) is 4.79 Å². The Bertz CT molecular complexity index is 225. The summed E-state index contributed by atoms with van der Waals surface area (Å²) in [4.78, 5) is 11.7. The van der Waals surface area contributed by atoms with Gasteiger partial charge >= 0.3 is 0 Å². The number of nitrogens with one attached hydrogen (secondary N) is 1. The Morgan fingerprint density at radius 1 is 1.50 bits per heavy atom. The molecule has 3 N–H and O–H groups in total. The van der Waals surface area contributed by atoms with Gasteiger partial charge in [-0.25, -0.2) is 0 Å². The van der Waals surface area contributed by atoms with Gasteiger partial charge in [0.05, 0.1) is 0 Å². The van der Waals surface area contributed by atoms with Crippen LogP contribution in [0.2, 0.25) is 0 Å². The molecule has 1 saturated heterocycles. The first-order valence-corrected chi connectivity index (χ1v) is 6.14. The second-order valence-corrected chi connectivity index (χ2v) is 5.10. The van der Waals surface area contributed by atoms with Crippen molar-refractivity contribution in [3.05, 3.63) is 0 Å². The quantitative estimate of drug-likeness (QED) is 0.739. The fourth-order valence-electron chi connectivity index (χ4n) is 1.84. The van der Waals surface area contributed by atoms with Gasteiger partial charge in [0.25, 0.3) is 0 Å². The van der Waals surface area contributed by atoms with Crippen LogP contribution in [0.1, 0.15) is 39.5 Å². The molecule has 1 fully saturated rings. The van der Waals surface area contributed by atoms with E-state index in [1.165, 1.54) is 0 Å². The topological polar surface area (TPSA) is 64.4 Å². The molecule has 1 aliphatic heterocycles. The van der Waals surface area contributed by atoms with Gasteiger partial charge in [0, 0.05) is 25.2 Å². The third-order valence-corrected chi connectivity index (χ3v) is 3.30. The standard InChI is InChI=1S/C12H24N2O2/c1-10(9-13)3-4-11(15)14-12(2)5-7-16-8-6-12/h10H,3-9,13H2,1-2H3,(H,14,15). The van der Waals surface area contributed by atoms with E-state index in [0.717, 1.165) is 32.5 Å². The number of hydrogen-bond acceptors (Lipinski definition) is 3. The molecule has 0 aromatic carbocycles. The molecule has 4 nitrogen and oxygen atoms in total. The second-order valence-electron chi connectivity index (χ2n) is 5.10. The Morgan fingerprint density at radius 3 is 2.69 bits per heavy atom. The summed E-state index contributed by atoms with van der Waals surface area (Å²) in [6.45, 7) is 6.31. The summed E-state index contributed by atoms with van der Waals surface area (Å²) in [6.07, 6.45) is 3.26. The Balaban J connectivity index is 2.27. The van der Waals surface area contributed by atoms with Crippen LogP contribution in [0, 0.1) is 5.92 Å². The van der Waals surface area contributed by atoms with Gasteiger partial charge < -0.3 is 15.8 Å². The SMILES string of the molecule is CC(CN)CCC(=O)NC1(C)CCOCC1. The molecule has 1 atom stereocenters. The molecule has 0 radical (unpaired) electrons. The van der Waals surface area contributed by atoms with Crippen LogP contribution < -0.4 is 11.1 Å². The van der Waals surface area contributed by atoms with E-state index in [1.54, 1.807) is 0 Å². The first kappa shape index (κ1) is 13.5. The summed E-state index contributed by atoms with van der Waals surface area (Å²) < 4.78 is 5.29. The van der Waals surface area contributed by atoms with Crippen LogP contribution in [-0.4, -0.2) is 31.2 Å². The van der Waals surface area contributed by atoms with Gasteiger partial charge in [-0.2, -0.15) is 0 Å². The summed E-state index contributed by atoms with van der Waals surface area (Å²) in [5.74, 6) is 0.568. The molecule has 16 heavy (non-hydrogen) atoms. The molecule has 1 unspecified atom stereocenters. The Labute approximate surface area is 97.9 Å². The molecule has 0 spiro atoms. The van der Waals surface area contributed by atoms with Crippen molar-refractivity contribution in [1.82, 2.24) is 5.32 Å². The number of hydrogen-bond donors (Lipinski definition) is 2. The van der Waals surface area contributed by atoms with Gasteiger partial charge in [0.1, 0.15) is 0 Å². The van der Waals surface area contributed by atoms with Crippen LogP contribution >= 0.6 is 0 Å². The molecular formula is C12H24N2O2. The van der Waals surface area contributed by atoms with Crippen molar-refractivity contribution in [3.63, 3.8) is 0 Å². The van der Waals surface area contributed by atoms with Crippen molar-refractivity contribution < 1.29 is 9.53 Å². The first-order chi connectivity index (χ1) is 7.56. The highest BCUT2D eigenvalue weighted by atomic mass is 16.5. The average Bonchev–Trinajstić information content (AvgIpc) is 2.26. The minimum absolute atomic E-state index is 0.0682. The minimum Gasteiger partial charge on any atom is -0.381 e. The highest BCUT2D eigenvalue weighted by Crippen LogP contribution is 2.20. The van der Waals surface area contributed by atoms with E-state index in [4.69, 9.17) is 10.5 Å². The minimum atomic E-state index is -0.0682. The van der Waals surface area contributed by atoms with E-state index in [0.29, 0.717) is 18.9 Å². The number of amides is 1. The van der Waals surface area contributed by atoms with E-state index in [1.807, 2.05) is 0 Å². The van der Waals surface area contributed by atoms with Gasteiger partial charge in [-0.1, -0.05) is 6.92 Å². The van der Waals surface area contributed by atoms with E-state index in [9.17, 15) is 4.79 Å². The van der Waals surface area contributed by atoms with Crippen LogP contribution in [0.5, 0.6) is 0 Å². The maximum Gasteiger partial charge on any atom is 0.220 e. The zero-order chi connectivity index (χ0) is 12.0. The van der Waals surface area contributed by atoms with E-state index in [-0.39, 0.29) is 11.4 Å². The van der Waals surface area contributed by atoms with Crippen LogP contribution in [0.3, 0.4) is 0 Å². The Morgan fingerprint density at radius 2 is 2.12 bits per heavy atom. The molecule has 0 bridgehead atoms. The van der Waals surface area contributed by atoms with Crippen molar-refractivity contribution in [2.75, 3.05) is 19.8 Å². The Hall–Kier alpha value is -0.610. The van der Waals surface area contributed by atoms with Crippen molar-refractivity contribution in [1.29, 1.82) is 0 Å². The normalized spacial score (nSPS) is 21.4. The zero-order valence-corrected chi connectivity index (χ0v) is 10.4. The van der Waals surface area contributed by atoms with Gasteiger partial charge in [-0.05, 0) is 38.6 Å². The fraction of sp³-hybridized carbons (Fsp3) is 0.917. The van der Waals surface area contributed by atoms with E-state index in [2.05, 4.69) is 19.2 Å². The first-order valence-electron chi connectivity index (χ1n) is 6.14. The predicted molar refractivity (Wildman–Crippen MR) is 64.1 cm³/mol. The average molecular weight is 228 g/mol. The predicted octanol–water partition coefficient (Wildman–Crippen LogP) is 1.05. The molecule has 4 heteroatoms. The van der Waals surface area contributed by atoms with Crippen molar-refractivity contribution in [2.24, 2.45) is 11.7 Å². The lowest BCUT2D eigenvalue weighted by atomic mass is 9.92. The van der Waals surface area contributed by atoms with Crippen molar-refractivity contribution in [2.45, 2.75) is 45.1 Å². The molecular weight excluding hydrogens is 204 g/mol. The molecule has 0 aromatic heterocycles. The fourth-order valence-corrected chi connectivity index (χ4v) is 1.84. The second kappa shape index (κ2) is 6.21. The third-order valence-electron chi connectivity index (χ3n) is 3.30. The number of rotatable bonds is 5. The lowest BCUT2D eigenvalue weighted by Gasteiger charge is -2.34. The largest absolute Gasteiger partial charge is 0.381 e. The number of carbonyl (C=O) groups is 1. The van der Waals surface area contributed by atoms with Crippen LogP contribution in [0.15, 0.2) is 0 Å². The molecule has 1 aliphatic rings. The maximum absolute atomic E-state index is 11.7. The van der Waals surface area contributed by atoms with Crippen LogP contribution in [0.25, 0.3) is 0 Å². The highest BCUT2D eigenvalue weighted by molar-refractivity contribution is 5.76. The monoisotopic (exact) mass is 228 g/mol. The summed E-state index contributed by atoms with van der Waals surface area (Å²) in [5, 5.41) is 3.11.